The van der Waals surface area contributed by atoms with E-state index in [1.165, 1.54) is 0 Å². The van der Waals surface area contributed by atoms with Crippen LogP contribution in [0, 0.1) is 5.92 Å². The van der Waals surface area contributed by atoms with E-state index in [9.17, 15) is 4.79 Å². The Kier molecular flexibility index (Phi) is 7.35. The lowest BCUT2D eigenvalue weighted by Gasteiger charge is -2.17. The monoisotopic (exact) mass is 317 g/mol. The molecule has 0 fully saturated rings. The molecule has 0 saturated carbocycles. The molecule has 0 aliphatic carbocycles. The van der Waals surface area contributed by atoms with Gasteiger partial charge in [0, 0.05) is 35.7 Å². The number of amides is 1. The van der Waals surface area contributed by atoms with Crippen molar-refractivity contribution in [3.63, 3.8) is 0 Å². The number of ether oxygens (including phenoxy) is 1. The Morgan fingerprint density at radius 2 is 2.05 bits per heavy atom. The topological polar surface area (TPSA) is 38.3 Å². The van der Waals surface area contributed by atoms with Gasteiger partial charge in [0.1, 0.15) is 0 Å². The average molecular weight is 318 g/mol. The third kappa shape index (κ3) is 5.70. The highest BCUT2D eigenvalue weighted by molar-refractivity contribution is 6.35. The second-order valence-corrected chi connectivity index (χ2v) is 5.88. The molecule has 0 heterocycles. The minimum atomic E-state index is -0.140. The van der Waals surface area contributed by atoms with E-state index < -0.39 is 0 Å². The SMILES string of the molecule is COCCC(C)NC(=O)C(C)Cc1ccc(Cl)cc1Cl. The maximum atomic E-state index is 12.1. The standard InChI is InChI=1S/C15H21Cl2NO2/c1-10(15(19)18-11(2)6-7-20-3)8-12-4-5-13(16)9-14(12)17/h4-5,9-11H,6-8H2,1-3H3,(H,18,19). The normalized spacial score (nSPS) is 13.8. The highest BCUT2D eigenvalue weighted by Crippen LogP contribution is 2.23. The van der Waals surface area contributed by atoms with Gasteiger partial charge in [-0.05, 0) is 37.5 Å². The summed E-state index contributed by atoms with van der Waals surface area (Å²) in [6, 6.07) is 5.45. The summed E-state index contributed by atoms with van der Waals surface area (Å²) >= 11 is 12.0. The number of benzene rings is 1. The van der Waals surface area contributed by atoms with Crippen LogP contribution in [0.15, 0.2) is 18.2 Å². The van der Waals surface area contributed by atoms with Crippen molar-refractivity contribution in [1.29, 1.82) is 0 Å². The fourth-order valence-corrected chi connectivity index (χ4v) is 2.35. The van der Waals surface area contributed by atoms with Crippen molar-refractivity contribution >= 4 is 29.1 Å². The number of hydrogen-bond donors (Lipinski definition) is 1. The maximum Gasteiger partial charge on any atom is 0.223 e. The number of halogens is 2. The van der Waals surface area contributed by atoms with Crippen LogP contribution in [-0.4, -0.2) is 25.7 Å². The van der Waals surface area contributed by atoms with Crippen molar-refractivity contribution in [1.82, 2.24) is 5.32 Å². The summed E-state index contributed by atoms with van der Waals surface area (Å²) in [6.45, 7) is 4.50. The number of rotatable bonds is 7. The van der Waals surface area contributed by atoms with Gasteiger partial charge in [-0.1, -0.05) is 36.2 Å². The Bertz CT molecular complexity index is 451. The Labute approximate surface area is 130 Å². The number of hydrogen-bond acceptors (Lipinski definition) is 2. The van der Waals surface area contributed by atoms with Crippen LogP contribution < -0.4 is 5.32 Å². The predicted octanol–water partition coefficient (Wildman–Crippen LogP) is 3.71. The molecule has 0 aliphatic rings. The molecular formula is C15H21Cl2NO2. The Balaban J connectivity index is 2.53. The van der Waals surface area contributed by atoms with Gasteiger partial charge in [-0.2, -0.15) is 0 Å². The molecule has 0 spiro atoms. The molecule has 3 nitrogen and oxygen atoms in total. The van der Waals surface area contributed by atoms with Gasteiger partial charge in [0.15, 0.2) is 0 Å². The molecule has 2 unspecified atom stereocenters. The first kappa shape index (κ1) is 17.3. The minimum absolute atomic E-state index is 0.0274. The van der Waals surface area contributed by atoms with Crippen LogP contribution in [0.5, 0.6) is 0 Å². The van der Waals surface area contributed by atoms with Crippen LogP contribution in [0.1, 0.15) is 25.8 Å². The zero-order chi connectivity index (χ0) is 15.1. The summed E-state index contributed by atoms with van der Waals surface area (Å²) in [7, 11) is 1.65. The van der Waals surface area contributed by atoms with Crippen LogP contribution in [0.4, 0.5) is 0 Å². The van der Waals surface area contributed by atoms with E-state index in [2.05, 4.69) is 5.32 Å². The van der Waals surface area contributed by atoms with Gasteiger partial charge >= 0.3 is 0 Å². The Morgan fingerprint density at radius 1 is 1.35 bits per heavy atom. The van der Waals surface area contributed by atoms with E-state index in [1.54, 1.807) is 19.2 Å². The molecule has 5 heteroatoms. The molecule has 0 aliphatic heterocycles. The zero-order valence-electron chi connectivity index (χ0n) is 12.1. The molecule has 2 atom stereocenters. The smallest absolute Gasteiger partial charge is 0.223 e. The van der Waals surface area contributed by atoms with Crippen molar-refractivity contribution in [3.05, 3.63) is 33.8 Å². The quantitative estimate of drug-likeness (QED) is 0.832. The largest absolute Gasteiger partial charge is 0.385 e. The second kappa shape index (κ2) is 8.50. The van der Waals surface area contributed by atoms with Crippen molar-refractivity contribution in [3.8, 4) is 0 Å². The summed E-state index contributed by atoms with van der Waals surface area (Å²) < 4.78 is 5.00. The van der Waals surface area contributed by atoms with Crippen molar-refractivity contribution in [2.45, 2.75) is 32.7 Å². The second-order valence-electron chi connectivity index (χ2n) is 5.03. The van der Waals surface area contributed by atoms with Gasteiger partial charge in [-0.3, -0.25) is 4.79 Å². The molecule has 1 aromatic carbocycles. The number of carbonyl (C=O) groups is 1. The zero-order valence-corrected chi connectivity index (χ0v) is 13.6. The van der Waals surface area contributed by atoms with Crippen molar-refractivity contribution < 1.29 is 9.53 Å². The summed E-state index contributed by atoms with van der Waals surface area (Å²) in [5.41, 5.74) is 0.934. The predicted molar refractivity (Wildman–Crippen MR) is 83.4 cm³/mol. The fraction of sp³-hybridized carbons (Fsp3) is 0.533. The molecule has 1 N–H and O–H groups in total. The van der Waals surface area contributed by atoms with E-state index in [1.807, 2.05) is 19.9 Å². The van der Waals surface area contributed by atoms with E-state index in [0.717, 1.165) is 12.0 Å². The first-order valence-electron chi connectivity index (χ1n) is 6.67. The molecule has 1 rings (SSSR count). The van der Waals surface area contributed by atoms with E-state index in [-0.39, 0.29) is 17.9 Å². The minimum Gasteiger partial charge on any atom is -0.385 e. The average Bonchev–Trinajstić information content (AvgIpc) is 2.39. The highest BCUT2D eigenvalue weighted by atomic mass is 35.5. The molecule has 1 amide bonds. The van der Waals surface area contributed by atoms with Crippen LogP contribution in [0.3, 0.4) is 0 Å². The lowest BCUT2D eigenvalue weighted by atomic mass is 10.00. The molecule has 20 heavy (non-hydrogen) atoms. The van der Waals surface area contributed by atoms with Crippen molar-refractivity contribution in [2.75, 3.05) is 13.7 Å². The summed E-state index contributed by atoms with van der Waals surface area (Å²) in [5, 5.41) is 4.18. The first-order chi connectivity index (χ1) is 9.43. The lowest BCUT2D eigenvalue weighted by molar-refractivity contribution is -0.125. The third-order valence-electron chi connectivity index (χ3n) is 3.13. The van der Waals surface area contributed by atoms with Crippen LogP contribution >= 0.6 is 23.2 Å². The van der Waals surface area contributed by atoms with E-state index in [4.69, 9.17) is 27.9 Å². The highest BCUT2D eigenvalue weighted by Gasteiger charge is 2.17. The molecule has 1 aromatic rings. The first-order valence-corrected chi connectivity index (χ1v) is 7.43. The third-order valence-corrected chi connectivity index (χ3v) is 3.72. The lowest BCUT2D eigenvalue weighted by Crippen LogP contribution is -2.37. The van der Waals surface area contributed by atoms with Gasteiger partial charge in [-0.25, -0.2) is 0 Å². The summed E-state index contributed by atoms with van der Waals surface area (Å²) in [5.74, 6) is -0.113. The molecule has 0 saturated heterocycles. The molecule has 0 radical (unpaired) electrons. The number of nitrogens with one attached hydrogen (secondary N) is 1. The van der Waals surface area contributed by atoms with E-state index >= 15 is 0 Å². The van der Waals surface area contributed by atoms with Gasteiger partial charge in [0.2, 0.25) is 5.91 Å². The molecular weight excluding hydrogens is 297 g/mol. The van der Waals surface area contributed by atoms with Crippen LogP contribution in [-0.2, 0) is 16.0 Å². The van der Waals surface area contributed by atoms with Crippen LogP contribution in [0.25, 0.3) is 0 Å². The number of carbonyl (C=O) groups excluding carboxylic acids is 1. The van der Waals surface area contributed by atoms with Crippen molar-refractivity contribution in [2.24, 2.45) is 5.92 Å². The molecule has 112 valence electrons. The summed E-state index contributed by atoms with van der Waals surface area (Å²) in [4.78, 5) is 12.1. The van der Waals surface area contributed by atoms with Gasteiger partial charge < -0.3 is 10.1 Å². The van der Waals surface area contributed by atoms with Gasteiger partial charge in [0.05, 0.1) is 0 Å². The Hall–Kier alpha value is -0.770. The summed E-state index contributed by atoms with van der Waals surface area (Å²) in [6.07, 6.45) is 1.40. The number of methoxy groups -OCH3 is 1. The van der Waals surface area contributed by atoms with Gasteiger partial charge in [-0.15, -0.1) is 0 Å². The van der Waals surface area contributed by atoms with Gasteiger partial charge in [0.25, 0.3) is 0 Å². The Morgan fingerprint density at radius 3 is 2.65 bits per heavy atom. The van der Waals surface area contributed by atoms with E-state index in [0.29, 0.717) is 23.1 Å². The fourth-order valence-electron chi connectivity index (χ4n) is 1.86. The molecule has 0 aromatic heterocycles. The van der Waals surface area contributed by atoms with Crippen LogP contribution in [0.2, 0.25) is 10.0 Å². The molecule has 0 bridgehead atoms. The maximum absolute atomic E-state index is 12.1.